The van der Waals surface area contributed by atoms with Gasteiger partial charge in [-0.25, -0.2) is 4.79 Å². The molecule has 0 unspecified atom stereocenters. The molecule has 0 saturated carbocycles. The third-order valence-electron chi connectivity index (χ3n) is 6.69. The lowest BCUT2D eigenvalue weighted by atomic mass is 10.1. The van der Waals surface area contributed by atoms with Crippen LogP contribution in [0.4, 0.5) is 4.39 Å². The fourth-order valence-electron chi connectivity index (χ4n) is 4.49. The third-order valence-corrected chi connectivity index (χ3v) is 6.69. The molecule has 1 aliphatic heterocycles. The first-order valence-electron chi connectivity index (χ1n) is 13.8. The molecule has 3 rings (SSSR count). The van der Waals surface area contributed by atoms with E-state index in [0.29, 0.717) is 24.6 Å². The number of nitrogens with zero attached hydrogens (tertiary/aromatic N) is 2. The highest BCUT2D eigenvalue weighted by atomic mass is 19.1. The Labute approximate surface area is 232 Å². The van der Waals surface area contributed by atoms with Crippen molar-refractivity contribution in [1.82, 2.24) is 9.13 Å². The van der Waals surface area contributed by atoms with Crippen molar-refractivity contribution < 1.29 is 33.0 Å². The number of hydrogen-bond donors (Lipinski definition) is 0. The van der Waals surface area contributed by atoms with E-state index in [2.05, 4.69) is 0 Å². The third kappa shape index (κ3) is 7.97. The van der Waals surface area contributed by atoms with E-state index in [0.717, 1.165) is 30.3 Å². The summed E-state index contributed by atoms with van der Waals surface area (Å²) in [6.45, 7) is 5.51. The van der Waals surface area contributed by atoms with Gasteiger partial charge in [0.25, 0.3) is 11.5 Å². The second-order valence-electron chi connectivity index (χ2n) is 9.97. The summed E-state index contributed by atoms with van der Waals surface area (Å²) in [4.78, 5) is 63.5. The first-order valence-corrected chi connectivity index (χ1v) is 13.8. The summed E-state index contributed by atoms with van der Waals surface area (Å²) in [6.07, 6.45) is 2.89. The van der Waals surface area contributed by atoms with Crippen LogP contribution in [0.15, 0.2) is 40.1 Å². The van der Waals surface area contributed by atoms with E-state index in [-0.39, 0.29) is 36.0 Å². The van der Waals surface area contributed by atoms with Crippen LogP contribution in [-0.2, 0) is 23.8 Å². The van der Waals surface area contributed by atoms with E-state index in [4.69, 9.17) is 14.2 Å². The van der Waals surface area contributed by atoms with Crippen LogP contribution in [-0.4, -0.2) is 45.8 Å². The number of aryl methyl sites for hydroxylation is 1. The lowest BCUT2D eigenvalue weighted by Crippen LogP contribution is -2.46. The molecule has 3 atom stereocenters. The van der Waals surface area contributed by atoms with Gasteiger partial charge in [0, 0.05) is 24.8 Å². The van der Waals surface area contributed by atoms with Crippen LogP contribution in [0, 0.1) is 12.7 Å². The fourth-order valence-corrected chi connectivity index (χ4v) is 4.49. The molecular weight excluding hydrogens is 523 g/mol. The Morgan fingerprint density at radius 1 is 1.02 bits per heavy atom. The zero-order valence-electron chi connectivity index (χ0n) is 23.2. The van der Waals surface area contributed by atoms with E-state index in [1.807, 2.05) is 13.8 Å². The molecule has 0 spiro atoms. The van der Waals surface area contributed by atoms with Gasteiger partial charge in [0.05, 0.1) is 6.20 Å². The Balaban J connectivity index is 1.86. The molecule has 1 aliphatic rings. The highest BCUT2D eigenvalue weighted by molar-refractivity contribution is 5.95. The summed E-state index contributed by atoms with van der Waals surface area (Å²) in [7, 11) is 0. The molecule has 10 nitrogen and oxygen atoms in total. The maximum Gasteiger partial charge on any atom is 0.340 e. The van der Waals surface area contributed by atoms with Crippen molar-refractivity contribution in [3.8, 4) is 0 Å². The maximum absolute atomic E-state index is 14.8. The second kappa shape index (κ2) is 14.7. The molecule has 0 amide bonds. The zero-order valence-corrected chi connectivity index (χ0v) is 23.2. The minimum atomic E-state index is -1.39. The molecule has 0 radical (unpaired) electrons. The number of hydrogen-bond acceptors (Lipinski definition) is 8. The predicted molar refractivity (Wildman–Crippen MR) is 143 cm³/mol. The van der Waals surface area contributed by atoms with Gasteiger partial charge in [-0.1, -0.05) is 57.2 Å². The monoisotopic (exact) mass is 560 g/mol. The molecule has 2 aromatic rings. The smallest absolute Gasteiger partial charge is 0.340 e. The standard InChI is InChI=1S/C29H37FN2O8/c1-4-6-8-13-25(33)38-18-23-22(40-26(34)14-9-7-5-2)16-24(39-23)31-17-21(30)28(36)32(29(31)37)27(35)20-12-10-11-19(3)15-20/h10-12,15,17,22-24H,4-9,13-14,16,18H2,1-3H3/t22-,23+,24+/m0/s1. The summed E-state index contributed by atoms with van der Waals surface area (Å²) in [6, 6.07) is 6.21. The number of aromatic nitrogens is 2. The fraction of sp³-hybridized carbons (Fsp3) is 0.552. The second-order valence-corrected chi connectivity index (χ2v) is 9.97. The van der Waals surface area contributed by atoms with Crippen LogP contribution in [0.3, 0.4) is 0 Å². The highest BCUT2D eigenvalue weighted by Crippen LogP contribution is 2.31. The molecule has 11 heteroatoms. The van der Waals surface area contributed by atoms with Crippen LogP contribution in [0.5, 0.6) is 0 Å². The van der Waals surface area contributed by atoms with Crippen molar-refractivity contribution in [3.05, 3.63) is 68.2 Å². The van der Waals surface area contributed by atoms with E-state index in [1.165, 1.54) is 12.1 Å². The van der Waals surface area contributed by atoms with Gasteiger partial charge in [0.1, 0.15) is 25.0 Å². The molecule has 0 bridgehead atoms. The van der Waals surface area contributed by atoms with E-state index in [1.54, 1.807) is 19.1 Å². The highest BCUT2D eigenvalue weighted by Gasteiger charge is 2.41. The summed E-state index contributed by atoms with van der Waals surface area (Å²) in [5.41, 5.74) is -1.74. The van der Waals surface area contributed by atoms with Crippen LogP contribution in [0.1, 0.15) is 93.8 Å². The number of ether oxygens (including phenoxy) is 3. The summed E-state index contributed by atoms with van der Waals surface area (Å²) in [5.74, 6) is -3.22. The van der Waals surface area contributed by atoms with Crippen molar-refractivity contribution in [1.29, 1.82) is 0 Å². The van der Waals surface area contributed by atoms with Gasteiger partial charge in [0.15, 0.2) is 0 Å². The number of carbonyl (C=O) groups is 3. The Hall–Kier alpha value is -3.60. The zero-order chi connectivity index (χ0) is 29.2. The van der Waals surface area contributed by atoms with Gasteiger partial charge >= 0.3 is 17.6 Å². The van der Waals surface area contributed by atoms with Gasteiger partial charge in [0.2, 0.25) is 5.82 Å². The van der Waals surface area contributed by atoms with E-state index >= 15 is 0 Å². The summed E-state index contributed by atoms with van der Waals surface area (Å²) >= 11 is 0. The molecule has 218 valence electrons. The number of unbranched alkanes of at least 4 members (excludes halogenated alkanes) is 4. The summed E-state index contributed by atoms with van der Waals surface area (Å²) in [5, 5.41) is 0. The van der Waals surface area contributed by atoms with Crippen LogP contribution >= 0.6 is 0 Å². The molecule has 1 aromatic heterocycles. The van der Waals surface area contributed by atoms with E-state index in [9.17, 15) is 28.4 Å². The minimum Gasteiger partial charge on any atom is -0.463 e. The minimum absolute atomic E-state index is 0.0374. The average molecular weight is 561 g/mol. The van der Waals surface area contributed by atoms with Gasteiger partial charge in [-0.05, 0) is 31.9 Å². The van der Waals surface area contributed by atoms with Crippen molar-refractivity contribution in [2.45, 2.75) is 97.0 Å². The molecule has 1 saturated heterocycles. The number of carbonyl (C=O) groups excluding carboxylic acids is 3. The Bertz CT molecular complexity index is 1320. The van der Waals surface area contributed by atoms with Gasteiger partial charge in [-0.2, -0.15) is 8.96 Å². The van der Waals surface area contributed by atoms with Crippen molar-refractivity contribution >= 4 is 17.8 Å². The van der Waals surface area contributed by atoms with E-state index < -0.39 is 53.3 Å². The quantitative estimate of drug-likeness (QED) is 0.266. The Morgan fingerprint density at radius 2 is 1.70 bits per heavy atom. The Kier molecular flexibility index (Phi) is 11.4. The molecule has 1 aromatic carbocycles. The first-order chi connectivity index (χ1) is 19.2. The van der Waals surface area contributed by atoms with Crippen molar-refractivity contribution in [3.63, 3.8) is 0 Å². The maximum atomic E-state index is 14.8. The van der Waals surface area contributed by atoms with Gasteiger partial charge in [-0.15, -0.1) is 0 Å². The normalized spacial score (nSPS) is 18.4. The molecule has 2 heterocycles. The summed E-state index contributed by atoms with van der Waals surface area (Å²) < 4.78 is 32.6. The SMILES string of the molecule is CCCCCC(=O)OC[C@H]1O[C@@H](n2cc(F)c(=O)n(C(=O)c3cccc(C)c3)c2=O)C[C@@H]1OC(=O)CCCCC. The molecule has 0 N–H and O–H groups in total. The van der Waals surface area contributed by atoms with Gasteiger partial charge < -0.3 is 14.2 Å². The largest absolute Gasteiger partial charge is 0.463 e. The number of esters is 2. The number of rotatable bonds is 13. The van der Waals surface area contributed by atoms with Crippen LogP contribution in [0.2, 0.25) is 0 Å². The van der Waals surface area contributed by atoms with Gasteiger partial charge in [-0.3, -0.25) is 23.7 Å². The molecule has 40 heavy (non-hydrogen) atoms. The number of halogens is 1. The topological polar surface area (TPSA) is 123 Å². The average Bonchev–Trinajstić information content (AvgIpc) is 3.31. The van der Waals surface area contributed by atoms with Crippen molar-refractivity contribution in [2.24, 2.45) is 0 Å². The lowest BCUT2D eigenvalue weighted by Gasteiger charge is -2.19. The predicted octanol–water partition coefficient (Wildman–Crippen LogP) is 4.05. The number of benzene rings is 1. The molecular formula is C29H37FN2O8. The first kappa shape index (κ1) is 30.9. The molecule has 0 aliphatic carbocycles. The van der Waals surface area contributed by atoms with Crippen LogP contribution in [0.25, 0.3) is 0 Å². The molecule has 1 fully saturated rings. The lowest BCUT2D eigenvalue weighted by molar-refractivity contribution is -0.158. The Morgan fingerprint density at radius 3 is 2.35 bits per heavy atom. The van der Waals surface area contributed by atoms with Crippen LogP contribution < -0.4 is 11.2 Å². The van der Waals surface area contributed by atoms with Crippen molar-refractivity contribution in [2.75, 3.05) is 6.61 Å².